The molecule has 1 fully saturated rings. The molecule has 2 N–H and O–H groups in total. The molecule has 0 radical (unpaired) electrons. The fourth-order valence-corrected chi connectivity index (χ4v) is 3.16. The van der Waals surface area contributed by atoms with Gasteiger partial charge in [-0.1, -0.05) is 30.3 Å². The normalized spacial score (nSPS) is 18.1. The van der Waals surface area contributed by atoms with Crippen LogP contribution in [0.5, 0.6) is 0 Å². The molecule has 1 aliphatic heterocycles. The Kier molecular flexibility index (Phi) is 7.69. The molecule has 1 aromatic carbocycles. The first-order chi connectivity index (χ1) is 11.7. The first-order valence-corrected chi connectivity index (χ1v) is 8.82. The Balaban J connectivity index is 1.68. The van der Waals surface area contributed by atoms with Crippen LogP contribution in [0.3, 0.4) is 0 Å². The van der Waals surface area contributed by atoms with E-state index in [1.54, 1.807) is 7.11 Å². The van der Waals surface area contributed by atoms with Crippen molar-refractivity contribution in [3.8, 4) is 0 Å². The maximum atomic E-state index is 12.6. The van der Waals surface area contributed by atoms with Crippen LogP contribution in [0, 0.1) is 5.41 Å². The predicted molar refractivity (Wildman–Crippen MR) is 94.8 cm³/mol. The van der Waals surface area contributed by atoms with Gasteiger partial charge in [-0.05, 0) is 44.8 Å². The van der Waals surface area contributed by atoms with Crippen molar-refractivity contribution in [2.75, 3.05) is 40.0 Å². The topological polar surface area (TPSA) is 59.6 Å². The van der Waals surface area contributed by atoms with Crippen molar-refractivity contribution in [2.24, 2.45) is 5.41 Å². The van der Waals surface area contributed by atoms with E-state index in [0.717, 1.165) is 32.4 Å². The maximum Gasteiger partial charge on any atom is 0.228 e. The standard InChI is InChI=1S/C19H30N2O3/c1-16(17-7-4-3-5-8-17)24-14-6-11-21-18(22)19(15-23-2)9-12-20-13-10-19/h3-5,7-8,16,20H,6,9-15H2,1-2H3,(H,21,22). The third-order valence-corrected chi connectivity index (χ3v) is 4.71. The van der Waals surface area contributed by atoms with E-state index < -0.39 is 0 Å². The molecule has 5 nitrogen and oxygen atoms in total. The lowest BCUT2D eigenvalue weighted by Crippen LogP contribution is -2.50. The lowest BCUT2D eigenvalue weighted by Gasteiger charge is -2.35. The summed E-state index contributed by atoms with van der Waals surface area (Å²) < 4.78 is 11.1. The smallest absolute Gasteiger partial charge is 0.228 e. The maximum absolute atomic E-state index is 12.6. The number of rotatable bonds is 9. The number of benzene rings is 1. The van der Waals surface area contributed by atoms with E-state index in [-0.39, 0.29) is 17.4 Å². The second-order valence-electron chi connectivity index (χ2n) is 6.50. The third kappa shape index (κ3) is 5.30. The van der Waals surface area contributed by atoms with E-state index >= 15 is 0 Å². The molecule has 1 aromatic rings. The Hall–Kier alpha value is -1.43. The molecule has 1 unspecified atom stereocenters. The van der Waals surface area contributed by atoms with Crippen LogP contribution in [0.1, 0.15) is 37.9 Å². The first-order valence-electron chi connectivity index (χ1n) is 8.82. The Morgan fingerprint density at radius 2 is 2.00 bits per heavy atom. The van der Waals surface area contributed by atoms with Crippen molar-refractivity contribution in [1.82, 2.24) is 10.6 Å². The van der Waals surface area contributed by atoms with Gasteiger partial charge in [0.05, 0.1) is 18.1 Å². The molecule has 5 heteroatoms. The molecule has 0 spiro atoms. The number of piperidine rings is 1. The van der Waals surface area contributed by atoms with Crippen LogP contribution in [-0.2, 0) is 14.3 Å². The van der Waals surface area contributed by atoms with Crippen LogP contribution in [0.25, 0.3) is 0 Å². The van der Waals surface area contributed by atoms with Crippen LogP contribution < -0.4 is 10.6 Å². The highest BCUT2D eigenvalue weighted by Gasteiger charge is 2.39. The zero-order chi connectivity index (χ0) is 17.3. The summed E-state index contributed by atoms with van der Waals surface area (Å²) in [5.41, 5.74) is 0.799. The zero-order valence-electron chi connectivity index (χ0n) is 14.8. The van der Waals surface area contributed by atoms with Crippen LogP contribution >= 0.6 is 0 Å². The molecule has 2 rings (SSSR count). The summed E-state index contributed by atoms with van der Waals surface area (Å²) in [5, 5.41) is 6.37. The number of carbonyl (C=O) groups excluding carboxylic acids is 1. The van der Waals surface area contributed by atoms with Crippen LogP contribution in [0.2, 0.25) is 0 Å². The van der Waals surface area contributed by atoms with E-state index in [4.69, 9.17) is 9.47 Å². The highest BCUT2D eigenvalue weighted by atomic mass is 16.5. The summed E-state index contributed by atoms with van der Waals surface area (Å²) in [5.74, 6) is 0.113. The Labute approximate surface area is 145 Å². The van der Waals surface area contributed by atoms with Crippen molar-refractivity contribution >= 4 is 5.91 Å². The third-order valence-electron chi connectivity index (χ3n) is 4.71. The average Bonchev–Trinajstić information content (AvgIpc) is 2.63. The van der Waals surface area contributed by atoms with Gasteiger partial charge >= 0.3 is 0 Å². The molecular formula is C19H30N2O3. The second-order valence-corrected chi connectivity index (χ2v) is 6.50. The Morgan fingerprint density at radius 1 is 1.29 bits per heavy atom. The van der Waals surface area contributed by atoms with Crippen molar-refractivity contribution in [1.29, 1.82) is 0 Å². The van der Waals surface area contributed by atoms with Crippen molar-refractivity contribution in [3.05, 3.63) is 35.9 Å². The SMILES string of the molecule is COCC1(C(=O)NCCCOC(C)c2ccccc2)CCNCC1. The lowest BCUT2D eigenvalue weighted by atomic mass is 9.78. The van der Waals surface area contributed by atoms with Gasteiger partial charge in [-0.25, -0.2) is 0 Å². The number of hydrogen-bond acceptors (Lipinski definition) is 4. The fourth-order valence-electron chi connectivity index (χ4n) is 3.16. The molecule has 1 aliphatic rings. The number of amides is 1. The predicted octanol–water partition coefficient (Wildman–Crippen LogP) is 2.29. The van der Waals surface area contributed by atoms with Crippen LogP contribution in [0.4, 0.5) is 0 Å². The summed E-state index contributed by atoms with van der Waals surface area (Å²) in [6.45, 7) is 5.55. The van der Waals surface area contributed by atoms with Crippen LogP contribution in [0.15, 0.2) is 30.3 Å². The summed E-state index contributed by atoms with van der Waals surface area (Å²) in [7, 11) is 1.66. The minimum Gasteiger partial charge on any atom is -0.384 e. The molecular weight excluding hydrogens is 304 g/mol. The summed E-state index contributed by atoms with van der Waals surface area (Å²) >= 11 is 0. The van der Waals surface area contributed by atoms with Gasteiger partial charge in [0.2, 0.25) is 5.91 Å². The van der Waals surface area contributed by atoms with E-state index in [1.807, 2.05) is 18.2 Å². The molecule has 0 saturated carbocycles. The molecule has 1 heterocycles. The Bertz CT molecular complexity index is 481. The van der Waals surface area contributed by atoms with Crippen molar-refractivity contribution in [2.45, 2.75) is 32.3 Å². The van der Waals surface area contributed by atoms with Gasteiger partial charge in [-0.2, -0.15) is 0 Å². The van der Waals surface area contributed by atoms with Gasteiger partial charge in [0.25, 0.3) is 0 Å². The van der Waals surface area contributed by atoms with Gasteiger partial charge in [0, 0.05) is 20.3 Å². The molecule has 134 valence electrons. The van der Waals surface area contributed by atoms with Crippen molar-refractivity contribution in [3.63, 3.8) is 0 Å². The average molecular weight is 334 g/mol. The van der Waals surface area contributed by atoms with Gasteiger partial charge in [-0.15, -0.1) is 0 Å². The molecule has 0 aromatic heterocycles. The van der Waals surface area contributed by atoms with E-state index in [0.29, 0.717) is 19.8 Å². The largest absolute Gasteiger partial charge is 0.384 e. The van der Waals surface area contributed by atoms with Crippen LogP contribution in [-0.4, -0.2) is 45.9 Å². The molecule has 1 atom stereocenters. The summed E-state index contributed by atoms with van der Waals surface area (Å²) in [6.07, 6.45) is 2.54. The second kappa shape index (κ2) is 9.77. The Morgan fingerprint density at radius 3 is 2.67 bits per heavy atom. The van der Waals surface area contributed by atoms with Gasteiger partial charge in [-0.3, -0.25) is 4.79 Å². The number of hydrogen-bond donors (Lipinski definition) is 2. The highest BCUT2D eigenvalue weighted by Crippen LogP contribution is 2.29. The minimum absolute atomic E-state index is 0.0751. The summed E-state index contributed by atoms with van der Waals surface area (Å²) in [4.78, 5) is 12.6. The van der Waals surface area contributed by atoms with E-state index in [9.17, 15) is 4.79 Å². The first kappa shape index (κ1) is 18.9. The lowest BCUT2D eigenvalue weighted by molar-refractivity contribution is -0.136. The van der Waals surface area contributed by atoms with E-state index in [2.05, 4.69) is 29.7 Å². The molecule has 1 saturated heterocycles. The molecule has 0 bridgehead atoms. The quantitative estimate of drug-likeness (QED) is 0.680. The number of carbonyl (C=O) groups is 1. The number of methoxy groups -OCH3 is 1. The highest BCUT2D eigenvalue weighted by molar-refractivity contribution is 5.82. The number of ether oxygens (including phenoxy) is 2. The zero-order valence-corrected chi connectivity index (χ0v) is 14.8. The van der Waals surface area contributed by atoms with E-state index in [1.165, 1.54) is 5.56 Å². The van der Waals surface area contributed by atoms with Crippen molar-refractivity contribution < 1.29 is 14.3 Å². The molecule has 1 amide bonds. The number of nitrogens with one attached hydrogen (secondary N) is 2. The van der Waals surface area contributed by atoms with Gasteiger partial charge in [0.1, 0.15) is 0 Å². The molecule has 24 heavy (non-hydrogen) atoms. The summed E-state index contributed by atoms with van der Waals surface area (Å²) in [6, 6.07) is 10.2. The van der Waals surface area contributed by atoms with Gasteiger partial charge in [0.15, 0.2) is 0 Å². The molecule has 0 aliphatic carbocycles. The minimum atomic E-state index is -0.377. The fraction of sp³-hybridized carbons (Fsp3) is 0.632. The monoisotopic (exact) mass is 334 g/mol. The van der Waals surface area contributed by atoms with Gasteiger partial charge < -0.3 is 20.1 Å².